The van der Waals surface area contributed by atoms with Crippen LogP contribution in [0, 0.1) is 17.7 Å². The van der Waals surface area contributed by atoms with Crippen LogP contribution >= 0.6 is 11.8 Å². The molecule has 5 nitrogen and oxygen atoms in total. The smallest absolute Gasteiger partial charge is 0.303 e. The number of hydrogen-bond donors (Lipinski definition) is 1. The number of carbonyl (C=O) groups is 1. The van der Waals surface area contributed by atoms with Gasteiger partial charge in [0.15, 0.2) is 0 Å². The highest BCUT2D eigenvalue weighted by molar-refractivity contribution is 7.99. The molecule has 1 aromatic heterocycles. The van der Waals surface area contributed by atoms with E-state index >= 15 is 4.39 Å². The summed E-state index contributed by atoms with van der Waals surface area (Å²) in [6.45, 7) is 2.42. The van der Waals surface area contributed by atoms with Crippen molar-refractivity contribution >= 4 is 28.6 Å². The Labute approximate surface area is 221 Å². The molecule has 0 unspecified atom stereocenters. The number of alkyl halides is 1. The predicted molar refractivity (Wildman–Crippen MR) is 143 cm³/mol. The molecule has 0 bridgehead atoms. The van der Waals surface area contributed by atoms with E-state index in [1.54, 1.807) is 31.5 Å². The Morgan fingerprint density at radius 3 is 2.86 bits per heavy atom. The van der Waals surface area contributed by atoms with Gasteiger partial charge in [-0.1, -0.05) is 12.1 Å². The largest absolute Gasteiger partial charge is 0.497 e. The SMILES string of the molecule is COc1ccc2nccc([C@@H](F)CC[C@@H]3CCN(CCCSc4ccccc4F)C[C@@H]3CC(=O)O)c2c1. The molecule has 8 heteroatoms. The first-order valence-electron chi connectivity index (χ1n) is 12.8. The Balaban J connectivity index is 1.31. The van der Waals surface area contributed by atoms with Crippen molar-refractivity contribution in [1.82, 2.24) is 9.88 Å². The minimum absolute atomic E-state index is 0.00745. The maximum atomic E-state index is 15.5. The summed E-state index contributed by atoms with van der Waals surface area (Å²) >= 11 is 1.51. The molecule has 198 valence electrons. The van der Waals surface area contributed by atoms with Crippen molar-refractivity contribution in [1.29, 1.82) is 0 Å². The van der Waals surface area contributed by atoms with Crippen molar-refractivity contribution in [2.75, 3.05) is 32.5 Å². The van der Waals surface area contributed by atoms with Gasteiger partial charge in [-0.15, -0.1) is 11.8 Å². The standard InChI is InChI=1S/C29H34F2N2O3S/c1-36-22-8-10-27-24(18-22)23(11-13-32-27)25(30)9-7-20-12-15-33(19-21(20)17-29(34)35)14-4-16-37-28-6-3-2-5-26(28)31/h2-3,5-6,8,10-11,13,18,20-21,25H,4,7,9,12,14-17,19H2,1H3,(H,34,35)/t20-,21+,25+/m1/s1. The second kappa shape index (κ2) is 13.2. The van der Waals surface area contributed by atoms with Gasteiger partial charge in [0.1, 0.15) is 17.7 Å². The first-order valence-corrected chi connectivity index (χ1v) is 13.8. The molecular weight excluding hydrogens is 494 g/mol. The fourth-order valence-corrected chi connectivity index (χ4v) is 6.16. The number of methoxy groups -OCH3 is 1. The molecule has 3 aromatic rings. The molecule has 2 aromatic carbocycles. The lowest BCUT2D eigenvalue weighted by Crippen LogP contribution is -2.42. The second-order valence-electron chi connectivity index (χ2n) is 9.67. The van der Waals surface area contributed by atoms with Crippen LogP contribution < -0.4 is 4.74 Å². The number of aliphatic carboxylic acids is 1. The number of thioether (sulfide) groups is 1. The van der Waals surface area contributed by atoms with E-state index in [1.807, 2.05) is 24.3 Å². The van der Waals surface area contributed by atoms with Gasteiger partial charge in [-0.25, -0.2) is 8.78 Å². The number of ether oxygens (including phenoxy) is 1. The van der Waals surface area contributed by atoms with Crippen molar-refractivity contribution in [2.45, 2.75) is 43.2 Å². The van der Waals surface area contributed by atoms with Gasteiger partial charge in [0.25, 0.3) is 0 Å². The molecule has 0 radical (unpaired) electrons. The Kier molecular flexibility index (Phi) is 9.75. The predicted octanol–water partition coefficient (Wildman–Crippen LogP) is 6.77. The molecule has 2 heterocycles. The van der Waals surface area contributed by atoms with Gasteiger partial charge in [0.05, 0.1) is 12.6 Å². The number of aromatic nitrogens is 1. The zero-order valence-corrected chi connectivity index (χ0v) is 21.9. The van der Waals surface area contributed by atoms with Crippen LogP contribution in [-0.4, -0.2) is 53.5 Å². The van der Waals surface area contributed by atoms with Gasteiger partial charge < -0.3 is 14.7 Å². The number of carboxylic acids is 1. The van der Waals surface area contributed by atoms with Crippen molar-refractivity contribution in [3.63, 3.8) is 0 Å². The summed E-state index contributed by atoms with van der Waals surface area (Å²) < 4.78 is 34.6. The number of rotatable bonds is 12. The van der Waals surface area contributed by atoms with Crippen LogP contribution in [0.5, 0.6) is 5.75 Å². The van der Waals surface area contributed by atoms with E-state index in [9.17, 15) is 14.3 Å². The third-order valence-corrected chi connectivity index (χ3v) is 8.37. The van der Waals surface area contributed by atoms with Crippen LogP contribution in [0.1, 0.15) is 43.8 Å². The van der Waals surface area contributed by atoms with Crippen LogP contribution in [0.25, 0.3) is 10.9 Å². The van der Waals surface area contributed by atoms with Gasteiger partial charge in [-0.3, -0.25) is 9.78 Å². The highest BCUT2D eigenvalue weighted by Gasteiger charge is 2.31. The number of fused-ring (bicyclic) bond motifs is 1. The van der Waals surface area contributed by atoms with Crippen LogP contribution in [-0.2, 0) is 4.79 Å². The summed E-state index contributed by atoms with van der Waals surface area (Å²) in [6.07, 6.45) is 3.31. The van der Waals surface area contributed by atoms with Crippen molar-refractivity contribution in [3.8, 4) is 5.75 Å². The molecule has 1 N–H and O–H groups in total. The number of likely N-dealkylation sites (tertiary alicyclic amines) is 1. The highest BCUT2D eigenvalue weighted by Crippen LogP contribution is 2.36. The molecule has 3 atom stereocenters. The second-order valence-corrected chi connectivity index (χ2v) is 10.8. The monoisotopic (exact) mass is 528 g/mol. The normalized spacial score (nSPS) is 19.1. The Morgan fingerprint density at radius 1 is 1.24 bits per heavy atom. The number of carboxylic acid groups (broad SMARTS) is 1. The Hall–Kier alpha value is -2.71. The van der Waals surface area contributed by atoms with Crippen molar-refractivity contribution in [3.05, 3.63) is 66.1 Å². The maximum absolute atomic E-state index is 15.5. The lowest BCUT2D eigenvalue weighted by atomic mass is 9.79. The van der Waals surface area contributed by atoms with Gasteiger partial charge >= 0.3 is 5.97 Å². The number of hydrogen-bond acceptors (Lipinski definition) is 5. The molecule has 1 saturated heterocycles. The zero-order valence-electron chi connectivity index (χ0n) is 21.1. The van der Waals surface area contributed by atoms with E-state index < -0.39 is 12.1 Å². The van der Waals surface area contributed by atoms with Crippen molar-refractivity contribution < 1.29 is 23.4 Å². The van der Waals surface area contributed by atoms with E-state index in [0.29, 0.717) is 35.6 Å². The Morgan fingerprint density at radius 2 is 2.08 bits per heavy atom. The zero-order chi connectivity index (χ0) is 26.2. The lowest BCUT2D eigenvalue weighted by molar-refractivity contribution is -0.139. The van der Waals surface area contributed by atoms with E-state index in [4.69, 9.17) is 4.74 Å². The van der Waals surface area contributed by atoms with E-state index in [1.165, 1.54) is 17.8 Å². The molecule has 0 saturated carbocycles. The summed E-state index contributed by atoms with van der Waals surface area (Å²) in [6, 6.07) is 14.0. The number of piperidine rings is 1. The summed E-state index contributed by atoms with van der Waals surface area (Å²) in [5.74, 6) is 0.623. The molecule has 4 rings (SSSR count). The summed E-state index contributed by atoms with van der Waals surface area (Å²) in [7, 11) is 1.58. The average Bonchev–Trinajstić information content (AvgIpc) is 2.90. The fraction of sp³-hybridized carbons (Fsp3) is 0.448. The van der Waals surface area contributed by atoms with E-state index in [0.717, 1.165) is 42.6 Å². The molecule has 1 fully saturated rings. The highest BCUT2D eigenvalue weighted by atomic mass is 32.2. The summed E-state index contributed by atoms with van der Waals surface area (Å²) in [4.78, 5) is 18.9. The molecule has 0 amide bonds. The van der Waals surface area contributed by atoms with Gasteiger partial charge in [-0.05, 0) is 98.3 Å². The number of halogens is 2. The lowest BCUT2D eigenvalue weighted by Gasteiger charge is -2.38. The van der Waals surface area contributed by atoms with E-state index in [-0.39, 0.29) is 24.1 Å². The molecular formula is C29H34F2N2O3S. The quantitative estimate of drug-likeness (QED) is 0.207. The minimum atomic E-state index is -1.16. The molecule has 37 heavy (non-hydrogen) atoms. The first kappa shape index (κ1) is 27.3. The third kappa shape index (κ3) is 7.42. The number of benzene rings is 2. The van der Waals surface area contributed by atoms with Crippen LogP contribution in [0.4, 0.5) is 8.78 Å². The van der Waals surface area contributed by atoms with Crippen LogP contribution in [0.15, 0.2) is 59.6 Å². The minimum Gasteiger partial charge on any atom is -0.497 e. The van der Waals surface area contributed by atoms with Gasteiger partial charge in [-0.2, -0.15) is 0 Å². The van der Waals surface area contributed by atoms with Gasteiger partial charge in [0, 0.05) is 29.4 Å². The van der Waals surface area contributed by atoms with Gasteiger partial charge in [0.2, 0.25) is 0 Å². The first-order chi connectivity index (χ1) is 17.9. The average molecular weight is 529 g/mol. The Bertz CT molecular complexity index is 1190. The van der Waals surface area contributed by atoms with Crippen molar-refractivity contribution in [2.24, 2.45) is 11.8 Å². The number of pyridine rings is 1. The number of nitrogens with zero attached hydrogens (tertiary/aromatic N) is 2. The third-order valence-electron chi connectivity index (χ3n) is 7.24. The van der Waals surface area contributed by atoms with Crippen LogP contribution in [0.2, 0.25) is 0 Å². The van der Waals surface area contributed by atoms with Crippen LogP contribution in [0.3, 0.4) is 0 Å². The molecule has 0 aliphatic carbocycles. The van der Waals surface area contributed by atoms with E-state index in [2.05, 4.69) is 9.88 Å². The fourth-order valence-electron chi connectivity index (χ4n) is 5.29. The molecule has 1 aliphatic heterocycles. The maximum Gasteiger partial charge on any atom is 0.303 e. The summed E-state index contributed by atoms with van der Waals surface area (Å²) in [5.41, 5.74) is 1.33. The topological polar surface area (TPSA) is 62.7 Å². The molecule has 1 aliphatic rings. The summed E-state index contributed by atoms with van der Waals surface area (Å²) in [5, 5.41) is 10.3. The molecule has 0 spiro atoms.